The summed E-state index contributed by atoms with van der Waals surface area (Å²) in [6, 6.07) is 15.6. The molecular weight excluding hydrogens is 581 g/mol. The minimum absolute atomic E-state index is 0.121. The molecule has 8 nitrogen and oxygen atoms in total. The van der Waals surface area contributed by atoms with Gasteiger partial charge in [0.25, 0.3) is 0 Å². The van der Waals surface area contributed by atoms with Crippen molar-refractivity contribution in [3.8, 4) is 28.8 Å². The van der Waals surface area contributed by atoms with Gasteiger partial charge in [0.1, 0.15) is 17.4 Å². The van der Waals surface area contributed by atoms with Gasteiger partial charge in [-0.1, -0.05) is 18.2 Å². The van der Waals surface area contributed by atoms with Crippen molar-refractivity contribution in [3.05, 3.63) is 75.5 Å². The number of halogens is 1. The maximum atomic E-state index is 12.3. The van der Waals surface area contributed by atoms with Crippen molar-refractivity contribution in [3.63, 3.8) is 0 Å². The summed E-state index contributed by atoms with van der Waals surface area (Å²) in [5.74, 6) is 1.33. The van der Waals surface area contributed by atoms with Crippen molar-refractivity contribution in [2.45, 2.75) is 39.2 Å². The van der Waals surface area contributed by atoms with E-state index in [4.69, 9.17) is 9.47 Å². The van der Waals surface area contributed by atoms with Gasteiger partial charge in [-0.15, -0.1) is 0 Å². The van der Waals surface area contributed by atoms with Gasteiger partial charge in [-0.3, -0.25) is 4.98 Å². The highest BCUT2D eigenvalue weighted by molar-refractivity contribution is 14.1. The summed E-state index contributed by atoms with van der Waals surface area (Å²) in [5, 5.41) is 10.0. The number of ether oxygens (including phenoxy) is 2. The second kappa shape index (κ2) is 9.67. The summed E-state index contributed by atoms with van der Waals surface area (Å²) in [5.41, 5.74) is 4.33. The van der Waals surface area contributed by atoms with Crippen molar-refractivity contribution in [2.24, 2.45) is 0 Å². The zero-order valence-corrected chi connectivity index (χ0v) is 23.2. The Balaban J connectivity index is 1.39. The van der Waals surface area contributed by atoms with Crippen LogP contribution in [0.5, 0.6) is 11.6 Å². The van der Waals surface area contributed by atoms with Crippen molar-refractivity contribution in [1.82, 2.24) is 19.3 Å². The number of fused-ring (bicyclic) bond motifs is 1. The van der Waals surface area contributed by atoms with Crippen LogP contribution in [0.4, 0.5) is 4.79 Å². The van der Waals surface area contributed by atoms with Gasteiger partial charge in [0.2, 0.25) is 5.88 Å². The molecule has 0 unspecified atom stereocenters. The first-order valence-corrected chi connectivity index (χ1v) is 13.0. The summed E-state index contributed by atoms with van der Waals surface area (Å²) in [6.45, 7) is 8.61. The molecule has 1 fully saturated rings. The molecule has 1 aliphatic heterocycles. The van der Waals surface area contributed by atoms with Crippen LogP contribution in [0, 0.1) is 22.0 Å². The zero-order valence-electron chi connectivity index (χ0n) is 21.0. The highest BCUT2D eigenvalue weighted by atomic mass is 127. The normalized spacial score (nSPS) is 13.8. The van der Waals surface area contributed by atoms with E-state index in [0.29, 0.717) is 30.3 Å². The molecule has 9 heteroatoms. The number of likely N-dealkylation sites (tertiary alicyclic amines) is 1. The molecule has 0 saturated carbocycles. The summed E-state index contributed by atoms with van der Waals surface area (Å²) in [7, 11) is 0. The van der Waals surface area contributed by atoms with E-state index < -0.39 is 5.60 Å². The number of nitrogens with zero attached hydrogens (tertiary/aromatic N) is 5. The van der Waals surface area contributed by atoms with Gasteiger partial charge < -0.3 is 18.8 Å². The van der Waals surface area contributed by atoms with Crippen LogP contribution in [-0.2, 0) is 4.74 Å². The van der Waals surface area contributed by atoms with Gasteiger partial charge in [-0.25, -0.2) is 9.78 Å². The molecule has 0 bridgehead atoms. The lowest BCUT2D eigenvalue weighted by atomic mass is 9.97. The molecule has 0 spiro atoms. The van der Waals surface area contributed by atoms with Gasteiger partial charge in [-0.05, 0) is 74.0 Å². The molecule has 4 aromatic rings. The summed E-state index contributed by atoms with van der Waals surface area (Å²) >= 11 is 2.28. The summed E-state index contributed by atoms with van der Waals surface area (Å²) in [4.78, 5) is 23.0. The average Bonchev–Trinajstić information content (AvgIpc) is 3.09. The zero-order chi connectivity index (χ0) is 26.3. The molecule has 1 aliphatic rings. The first-order chi connectivity index (χ1) is 17.6. The third kappa shape index (κ3) is 5.11. The fraction of sp³-hybridized carbons (Fsp3) is 0.286. The average molecular weight is 607 g/mol. The molecule has 1 amide bonds. The molecule has 4 heterocycles. The van der Waals surface area contributed by atoms with Gasteiger partial charge in [0, 0.05) is 42.5 Å². The maximum absolute atomic E-state index is 12.3. The van der Waals surface area contributed by atoms with Gasteiger partial charge in [0.05, 0.1) is 26.7 Å². The van der Waals surface area contributed by atoms with Crippen molar-refractivity contribution < 1.29 is 14.3 Å². The minimum atomic E-state index is -0.521. The van der Waals surface area contributed by atoms with E-state index in [-0.39, 0.29) is 12.0 Å². The van der Waals surface area contributed by atoms with Crippen molar-refractivity contribution >= 4 is 34.2 Å². The fourth-order valence-electron chi connectivity index (χ4n) is 4.25. The molecular formula is C28H26IN5O3. The Morgan fingerprint density at radius 1 is 1.16 bits per heavy atom. The number of amides is 1. The number of pyridine rings is 1. The van der Waals surface area contributed by atoms with E-state index in [2.05, 4.69) is 38.6 Å². The van der Waals surface area contributed by atoms with E-state index in [1.54, 1.807) is 11.1 Å². The number of carbonyl (C=O) groups is 1. The Morgan fingerprint density at radius 2 is 1.89 bits per heavy atom. The Morgan fingerprint density at radius 3 is 2.54 bits per heavy atom. The van der Waals surface area contributed by atoms with Crippen LogP contribution in [0.3, 0.4) is 0 Å². The number of aryl methyl sites for hydroxylation is 1. The number of carbonyl (C=O) groups excluding carboxylic acids is 1. The fourth-order valence-corrected chi connectivity index (χ4v) is 5.23. The molecule has 0 radical (unpaired) electrons. The topological polar surface area (TPSA) is 92.8 Å². The van der Waals surface area contributed by atoms with Gasteiger partial charge in [-0.2, -0.15) is 5.26 Å². The Kier molecular flexibility index (Phi) is 6.54. The highest BCUT2D eigenvalue weighted by Crippen LogP contribution is 2.36. The van der Waals surface area contributed by atoms with E-state index in [9.17, 15) is 10.1 Å². The van der Waals surface area contributed by atoms with Crippen LogP contribution < -0.4 is 4.74 Å². The largest absolute Gasteiger partial charge is 0.444 e. The Bertz CT molecular complexity index is 1530. The lowest BCUT2D eigenvalue weighted by Crippen LogP contribution is -2.50. The first-order valence-electron chi connectivity index (χ1n) is 11.9. The second-order valence-corrected chi connectivity index (χ2v) is 11.1. The number of hydrogen-bond donors (Lipinski definition) is 0. The molecule has 5 rings (SSSR count). The van der Waals surface area contributed by atoms with Crippen LogP contribution in [0.25, 0.3) is 16.6 Å². The molecule has 1 aromatic carbocycles. The smallest absolute Gasteiger partial charge is 0.410 e. The van der Waals surface area contributed by atoms with E-state index in [1.807, 2.05) is 80.8 Å². The molecule has 37 heavy (non-hydrogen) atoms. The molecule has 1 saturated heterocycles. The van der Waals surface area contributed by atoms with E-state index in [1.165, 1.54) is 0 Å². The lowest BCUT2D eigenvalue weighted by molar-refractivity contribution is 0.00784. The molecule has 188 valence electrons. The summed E-state index contributed by atoms with van der Waals surface area (Å²) in [6.07, 6.45) is 3.41. The lowest BCUT2D eigenvalue weighted by Gasteiger charge is -2.39. The highest BCUT2D eigenvalue weighted by Gasteiger charge is 2.35. The third-order valence-electron chi connectivity index (χ3n) is 6.07. The van der Waals surface area contributed by atoms with Crippen LogP contribution in [0.2, 0.25) is 0 Å². The Labute approximate surface area is 229 Å². The summed E-state index contributed by atoms with van der Waals surface area (Å²) < 4.78 is 14.3. The third-order valence-corrected chi connectivity index (χ3v) is 7.13. The number of benzene rings is 1. The predicted molar refractivity (Wildman–Crippen MR) is 148 cm³/mol. The Hall–Kier alpha value is -3.65. The molecule has 0 atom stereocenters. The van der Waals surface area contributed by atoms with Crippen LogP contribution in [0.1, 0.15) is 43.6 Å². The first kappa shape index (κ1) is 25.0. The van der Waals surface area contributed by atoms with Crippen LogP contribution in [0.15, 0.2) is 54.9 Å². The number of rotatable bonds is 4. The second-order valence-electron chi connectivity index (χ2n) is 10.0. The van der Waals surface area contributed by atoms with Crippen LogP contribution in [-0.4, -0.2) is 44.1 Å². The van der Waals surface area contributed by atoms with E-state index >= 15 is 0 Å². The minimum Gasteiger partial charge on any atom is -0.444 e. The molecule has 0 N–H and O–H groups in total. The number of aromatic nitrogens is 3. The van der Waals surface area contributed by atoms with Crippen molar-refractivity contribution in [2.75, 3.05) is 13.1 Å². The number of nitriles is 1. The quantitative estimate of drug-likeness (QED) is 0.253. The van der Waals surface area contributed by atoms with E-state index in [0.717, 1.165) is 31.7 Å². The number of hydrogen-bond acceptors (Lipinski definition) is 6. The van der Waals surface area contributed by atoms with Gasteiger partial charge >= 0.3 is 6.09 Å². The molecule has 3 aromatic heterocycles. The monoisotopic (exact) mass is 607 g/mol. The molecule has 0 aliphatic carbocycles. The SMILES string of the molecule is Cc1cccc(Oc2ccc(-c3c(C#N)c4cnc(C5CN(C(=O)OC(C)(C)C)C5)cn4c3I)cc2)n1. The van der Waals surface area contributed by atoms with Crippen LogP contribution >= 0.6 is 22.6 Å². The van der Waals surface area contributed by atoms with Gasteiger partial charge in [0.15, 0.2) is 0 Å². The standard InChI is InChI=1S/C28H26IN5O3/c1-17-6-5-7-24(32-17)36-20-10-8-18(9-11-20)25-21(12-30)23-13-31-22(16-34(23)26(25)29)19-14-33(15-19)27(35)37-28(2,3)4/h5-11,13,16,19H,14-15H2,1-4H3. The predicted octanol–water partition coefficient (Wildman–Crippen LogP) is 6.31. The van der Waals surface area contributed by atoms with Crippen molar-refractivity contribution in [1.29, 1.82) is 5.26 Å². The maximum Gasteiger partial charge on any atom is 0.410 e.